The molecule has 5 rings (SSSR count). The van der Waals surface area contributed by atoms with Crippen molar-refractivity contribution in [1.82, 2.24) is 0 Å². The van der Waals surface area contributed by atoms with E-state index in [1.807, 2.05) is 64.1 Å². The lowest BCUT2D eigenvalue weighted by molar-refractivity contribution is -0.171. The Kier molecular flexibility index (Phi) is 6.19. The van der Waals surface area contributed by atoms with Crippen LogP contribution < -0.4 is 0 Å². The lowest BCUT2D eigenvalue weighted by atomic mass is 9.44. The summed E-state index contributed by atoms with van der Waals surface area (Å²) in [6.07, 6.45) is 0.760. The second-order valence-electron chi connectivity index (χ2n) is 12.5. The van der Waals surface area contributed by atoms with E-state index >= 15 is 0 Å². The lowest BCUT2D eigenvalue weighted by Crippen LogP contribution is -2.67. The van der Waals surface area contributed by atoms with E-state index in [0.717, 1.165) is 18.1 Å². The summed E-state index contributed by atoms with van der Waals surface area (Å²) in [5, 5.41) is 46.5. The van der Waals surface area contributed by atoms with Gasteiger partial charge in [-0.2, -0.15) is 0 Å². The number of aliphatic hydroxyl groups is 3. The fraction of sp³-hybridized carbons (Fsp3) is 0.424. The third kappa shape index (κ3) is 3.36. The molecule has 7 heteroatoms. The number of Topliss-reactive ketones (excluding diaryl/α,β-unsaturated/α-hetero) is 3. The van der Waals surface area contributed by atoms with Crippen LogP contribution in [0, 0.1) is 22.7 Å². The standard InChI is InChI=1S/C33H36O7/c1-7-18-13-20(19-11-9-8-10-12-19)21-14-31(5)15-32(6)24(16(2)3)27(36)22(17(4)34)29(38)33(32,40)30(39)25(31)28(37)23(21)26(18)35/h8-13,16,24,35-36,39-40H,7,14-15H2,1-6H3/t24?,31-,32-,33+/m1/s1. The van der Waals surface area contributed by atoms with Crippen LogP contribution >= 0.6 is 0 Å². The number of carbonyl (C=O) groups excluding carboxylic acids is 3. The Labute approximate surface area is 233 Å². The van der Waals surface area contributed by atoms with E-state index < -0.39 is 56.8 Å². The molecule has 1 unspecified atom stereocenters. The van der Waals surface area contributed by atoms with Gasteiger partial charge < -0.3 is 20.4 Å². The molecule has 210 valence electrons. The smallest absolute Gasteiger partial charge is 0.209 e. The van der Waals surface area contributed by atoms with Gasteiger partial charge in [-0.15, -0.1) is 0 Å². The normalized spacial score (nSPS) is 29.9. The van der Waals surface area contributed by atoms with E-state index in [2.05, 4.69) is 0 Å². The molecule has 0 amide bonds. The van der Waals surface area contributed by atoms with Crippen molar-refractivity contribution in [3.05, 3.63) is 75.8 Å². The summed E-state index contributed by atoms with van der Waals surface area (Å²) in [5.74, 6) is -5.04. The maximum Gasteiger partial charge on any atom is 0.209 e. The fourth-order valence-electron chi connectivity index (χ4n) is 8.00. The van der Waals surface area contributed by atoms with Crippen LogP contribution in [0.2, 0.25) is 0 Å². The van der Waals surface area contributed by atoms with E-state index in [-0.39, 0.29) is 35.6 Å². The maximum absolute atomic E-state index is 14.3. The summed E-state index contributed by atoms with van der Waals surface area (Å²) in [6.45, 7) is 10.1. The van der Waals surface area contributed by atoms with Gasteiger partial charge >= 0.3 is 0 Å². The first-order valence-corrected chi connectivity index (χ1v) is 13.8. The highest BCUT2D eigenvalue weighted by Crippen LogP contribution is 2.65. The average Bonchev–Trinajstić information content (AvgIpc) is 2.86. The van der Waals surface area contributed by atoms with E-state index in [1.165, 1.54) is 0 Å². The maximum atomic E-state index is 14.3. The predicted octanol–water partition coefficient (Wildman–Crippen LogP) is 5.58. The molecule has 40 heavy (non-hydrogen) atoms. The quantitative estimate of drug-likeness (QED) is 0.370. The van der Waals surface area contributed by atoms with Gasteiger partial charge in [-0.05, 0) is 60.4 Å². The van der Waals surface area contributed by atoms with Crippen molar-refractivity contribution in [2.45, 2.75) is 66.4 Å². The third-order valence-electron chi connectivity index (χ3n) is 9.55. The summed E-state index contributed by atoms with van der Waals surface area (Å²) in [6, 6.07) is 11.5. The van der Waals surface area contributed by atoms with Gasteiger partial charge in [-0.25, -0.2) is 0 Å². The number of hydrogen-bond donors (Lipinski definition) is 4. The summed E-state index contributed by atoms with van der Waals surface area (Å²) in [7, 11) is 0. The third-order valence-corrected chi connectivity index (χ3v) is 9.55. The number of hydrogen-bond acceptors (Lipinski definition) is 7. The van der Waals surface area contributed by atoms with Crippen molar-refractivity contribution >= 4 is 17.3 Å². The molecule has 0 fully saturated rings. The Balaban J connectivity index is 1.85. The lowest BCUT2D eigenvalue weighted by Gasteiger charge is -2.59. The first kappa shape index (κ1) is 27.8. The highest BCUT2D eigenvalue weighted by molar-refractivity contribution is 6.25. The van der Waals surface area contributed by atoms with Crippen LogP contribution in [0.15, 0.2) is 59.1 Å². The number of fused-ring (bicyclic) bond motifs is 3. The highest BCUT2D eigenvalue weighted by atomic mass is 16.3. The summed E-state index contributed by atoms with van der Waals surface area (Å²) in [4.78, 5) is 40.7. The van der Waals surface area contributed by atoms with Gasteiger partial charge in [0.1, 0.15) is 22.8 Å². The molecule has 0 saturated carbocycles. The minimum atomic E-state index is -2.61. The molecular formula is C33H36O7. The van der Waals surface area contributed by atoms with Crippen LogP contribution in [0.25, 0.3) is 11.1 Å². The van der Waals surface area contributed by atoms with Crippen LogP contribution in [-0.2, 0) is 22.4 Å². The summed E-state index contributed by atoms with van der Waals surface area (Å²) >= 11 is 0. The number of aromatic hydroxyl groups is 1. The van der Waals surface area contributed by atoms with Crippen LogP contribution in [0.5, 0.6) is 5.75 Å². The Morgan fingerprint density at radius 2 is 1.70 bits per heavy atom. The van der Waals surface area contributed by atoms with Crippen molar-refractivity contribution in [3.63, 3.8) is 0 Å². The van der Waals surface area contributed by atoms with Crippen LogP contribution in [-0.4, -0.2) is 43.4 Å². The molecule has 0 aliphatic heterocycles. The Hall–Kier alpha value is -3.71. The second kappa shape index (κ2) is 8.90. The first-order valence-electron chi connectivity index (χ1n) is 13.8. The number of phenols is 1. The van der Waals surface area contributed by atoms with Crippen LogP contribution in [0.1, 0.15) is 69.4 Å². The molecule has 0 spiro atoms. The molecule has 0 bridgehead atoms. The monoisotopic (exact) mass is 544 g/mol. The van der Waals surface area contributed by atoms with E-state index in [9.17, 15) is 34.8 Å². The minimum absolute atomic E-state index is 0.0540. The van der Waals surface area contributed by atoms with E-state index in [0.29, 0.717) is 17.5 Å². The van der Waals surface area contributed by atoms with Gasteiger partial charge in [-0.1, -0.05) is 65.0 Å². The molecule has 3 aliphatic carbocycles. The molecule has 0 saturated heterocycles. The van der Waals surface area contributed by atoms with E-state index in [4.69, 9.17) is 0 Å². The number of aryl methyl sites for hydroxylation is 1. The molecule has 4 N–H and O–H groups in total. The predicted molar refractivity (Wildman–Crippen MR) is 150 cm³/mol. The zero-order chi connectivity index (χ0) is 29.5. The SMILES string of the molecule is CCc1cc(-c2ccccc2)c2c(c1O)C(=O)C1=C(O)[C@@]3(O)C(=O)C(C(C)=O)=C(O)C(C(C)C)[C@@]3(C)C[C@@]1(C)C2. The number of benzene rings is 2. The zero-order valence-electron chi connectivity index (χ0n) is 23.8. The summed E-state index contributed by atoms with van der Waals surface area (Å²) < 4.78 is 0. The van der Waals surface area contributed by atoms with Gasteiger partial charge in [0.05, 0.1) is 5.56 Å². The van der Waals surface area contributed by atoms with Gasteiger partial charge in [0, 0.05) is 22.3 Å². The molecule has 0 aromatic heterocycles. The van der Waals surface area contributed by atoms with Crippen molar-refractivity contribution in [3.8, 4) is 16.9 Å². The number of rotatable bonds is 4. The second-order valence-corrected chi connectivity index (χ2v) is 12.5. The van der Waals surface area contributed by atoms with Crippen LogP contribution in [0.4, 0.5) is 0 Å². The minimum Gasteiger partial charge on any atom is -0.511 e. The van der Waals surface area contributed by atoms with Gasteiger partial charge in [0.2, 0.25) is 5.78 Å². The topological polar surface area (TPSA) is 132 Å². The molecule has 7 nitrogen and oxygen atoms in total. The van der Waals surface area contributed by atoms with Gasteiger partial charge in [0.25, 0.3) is 0 Å². The van der Waals surface area contributed by atoms with Crippen LogP contribution in [0.3, 0.4) is 0 Å². The Morgan fingerprint density at radius 1 is 1.07 bits per heavy atom. The Morgan fingerprint density at radius 3 is 2.25 bits per heavy atom. The molecule has 4 atom stereocenters. The fourth-order valence-corrected chi connectivity index (χ4v) is 8.00. The highest BCUT2D eigenvalue weighted by Gasteiger charge is 2.71. The molecule has 0 radical (unpaired) electrons. The van der Waals surface area contributed by atoms with Crippen molar-refractivity contribution in [2.24, 2.45) is 22.7 Å². The molecular weight excluding hydrogens is 508 g/mol. The van der Waals surface area contributed by atoms with Gasteiger partial charge in [-0.3, -0.25) is 14.4 Å². The number of phenolic OH excluding ortho intramolecular Hbond substituents is 1. The average molecular weight is 545 g/mol. The van der Waals surface area contributed by atoms with E-state index in [1.54, 1.807) is 6.92 Å². The number of allylic oxidation sites excluding steroid dienone is 2. The summed E-state index contributed by atoms with van der Waals surface area (Å²) in [5.41, 5.74) is -2.88. The number of carbonyl (C=O) groups is 3. The van der Waals surface area contributed by atoms with Crippen molar-refractivity contribution < 1.29 is 34.8 Å². The number of aliphatic hydroxyl groups excluding tert-OH is 2. The molecule has 0 heterocycles. The first-order chi connectivity index (χ1) is 18.7. The molecule has 2 aromatic carbocycles. The Bertz CT molecular complexity index is 1550. The van der Waals surface area contributed by atoms with Crippen molar-refractivity contribution in [1.29, 1.82) is 0 Å². The van der Waals surface area contributed by atoms with Gasteiger partial charge in [0.15, 0.2) is 17.2 Å². The molecule has 3 aliphatic rings. The zero-order valence-corrected chi connectivity index (χ0v) is 23.8. The number of ketones is 3. The largest absolute Gasteiger partial charge is 0.511 e. The van der Waals surface area contributed by atoms with Crippen molar-refractivity contribution in [2.75, 3.05) is 0 Å². The molecule has 2 aromatic rings.